The van der Waals surface area contributed by atoms with Crippen LogP contribution < -0.4 is 5.73 Å². The van der Waals surface area contributed by atoms with Crippen molar-refractivity contribution in [3.63, 3.8) is 0 Å². The maximum Gasteiger partial charge on any atom is 0.160 e. The molecule has 4 heteroatoms. The number of phenols is 2. The molecule has 0 amide bonds. The van der Waals surface area contributed by atoms with Crippen LogP contribution in [0.15, 0.2) is 42.5 Å². The van der Waals surface area contributed by atoms with Gasteiger partial charge in [0.15, 0.2) is 11.5 Å². The number of rotatable bonds is 5. The first-order valence-electron chi connectivity index (χ1n) is 8.57. The number of aliphatic hydroxyl groups excluding tert-OH is 1. The van der Waals surface area contributed by atoms with Crippen molar-refractivity contribution in [2.75, 3.05) is 13.2 Å². The number of nitrogens with two attached hydrogens (primary N) is 1. The van der Waals surface area contributed by atoms with Gasteiger partial charge in [0.2, 0.25) is 0 Å². The number of benzene rings is 2. The molecule has 0 bridgehead atoms. The minimum atomic E-state index is -0.0786. The molecule has 3 atom stereocenters. The molecule has 4 nitrogen and oxygen atoms in total. The van der Waals surface area contributed by atoms with E-state index in [1.807, 2.05) is 24.3 Å². The molecule has 0 aromatic heterocycles. The minimum Gasteiger partial charge on any atom is -0.504 e. The Morgan fingerprint density at radius 3 is 2.46 bits per heavy atom. The summed E-state index contributed by atoms with van der Waals surface area (Å²) in [5, 5.41) is 29.5. The van der Waals surface area contributed by atoms with Crippen LogP contribution in [0.4, 0.5) is 0 Å². The van der Waals surface area contributed by atoms with E-state index >= 15 is 0 Å². The van der Waals surface area contributed by atoms with E-state index in [9.17, 15) is 15.3 Å². The van der Waals surface area contributed by atoms with Crippen molar-refractivity contribution < 1.29 is 15.3 Å². The van der Waals surface area contributed by atoms with Gasteiger partial charge in [0.25, 0.3) is 0 Å². The molecule has 1 aliphatic carbocycles. The van der Waals surface area contributed by atoms with Gasteiger partial charge in [-0.15, -0.1) is 0 Å². The maximum atomic E-state index is 10.4. The predicted octanol–water partition coefficient (Wildman–Crippen LogP) is 2.87. The summed E-state index contributed by atoms with van der Waals surface area (Å²) in [6.07, 6.45) is 2.30. The normalized spacial score (nSPS) is 23.0. The van der Waals surface area contributed by atoms with E-state index in [1.54, 1.807) is 6.07 Å². The molecule has 5 N–H and O–H groups in total. The SMILES string of the molecule is NC[C@H]1c2ccc(O)c(O)c2C[C@@H](c2ccccc2)C1CCCO. The molecule has 0 saturated carbocycles. The second-order valence-corrected chi connectivity index (χ2v) is 6.59. The van der Waals surface area contributed by atoms with Crippen LogP contribution in [-0.2, 0) is 6.42 Å². The first kappa shape index (κ1) is 16.8. The van der Waals surface area contributed by atoms with Gasteiger partial charge in [0.1, 0.15) is 0 Å². The van der Waals surface area contributed by atoms with Crippen molar-refractivity contribution in [2.24, 2.45) is 11.7 Å². The lowest BCUT2D eigenvalue weighted by Crippen LogP contribution is -2.33. The number of fused-ring (bicyclic) bond motifs is 1. The van der Waals surface area contributed by atoms with Crippen LogP contribution in [0.25, 0.3) is 0 Å². The number of hydrogen-bond donors (Lipinski definition) is 4. The van der Waals surface area contributed by atoms with Crippen molar-refractivity contribution >= 4 is 0 Å². The lowest BCUT2D eigenvalue weighted by Gasteiger charge is -2.40. The fraction of sp³-hybridized carbons (Fsp3) is 0.400. The number of hydrogen-bond acceptors (Lipinski definition) is 4. The van der Waals surface area contributed by atoms with Gasteiger partial charge in [-0.05, 0) is 60.8 Å². The molecule has 2 aromatic rings. The number of phenolic OH excluding ortho intramolecular Hbond substituents is 2. The third-order valence-electron chi connectivity index (χ3n) is 5.33. The van der Waals surface area contributed by atoms with Gasteiger partial charge < -0.3 is 21.1 Å². The Bertz CT molecular complexity index is 687. The highest BCUT2D eigenvalue weighted by Crippen LogP contribution is 2.50. The molecule has 128 valence electrons. The van der Waals surface area contributed by atoms with Crippen molar-refractivity contribution in [1.29, 1.82) is 0 Å². The fourth-order valence-electron chi connectivity index (χ4n) is 4.18. The topological polar surface area (TPSA) is 86.7 Å². The third-order valence-corrected chi connectivity index (χ3v) is 5.33. The molecule has 0 radical (unpaired) electrons. The van der Waals surface area contributed by atoms with Crippen molar-refractivity contribution in [1.82, 2.24) is 0 Å². The lowest BCUT2D eigenvalue weighted by molar-refractivity contribution is 0.239. The minimum absolute atomic E-state index is 0.0208. The molecule has 3 rings (SSSR count). The zero-order valence-corrected chi connectivity index (χ0v) is 13.7. The van der Waals surface area contributed by atoms with Crippen LogP contribution >= 0.6 is 0 Å². The monoisotopic (exact) mass is 327 g/mol. The number of aromatic hydroxyl groups is 2. The van der Waals surface area contributed by atoms with E-state index < -0.39 is 0 Å². The highest BCUT2D eigenvalue weighted by molar-refractivity contribution is 5.53. The van der Waals surface area contributed by atoms with E-state index in [-0.39, 0.29) is 29.9 Å². The van der Waals surface area contributed by atoms with Crippen molar-refractivity contribution in [3.8, 4) is 11.5 Å². The quantitative estimate of drug-likeness (QED) is 0.636. The zero-order valence-electron chi connectivity index (χ0n) is 13.7. The predicted molar refractivity (Wildman–Crippen MR) is 94.3 cm³/mol. The van der Waals surface area contributed by atoms with E-state index in [1.165, 1.54) is 5.56 Å². The Kier molecular flexibility index (Phi) is 5.07. The van der Waals surface area contributed by atoms with Crippen molar-refractivity contribution in [2.45, 2.75) is 31.1 Å². The zero-order chi connectivity index (χ0) is 17.1. The van der Waals surface area contributed by atoms with E-state index in [4.69, 9.17) is 5.73 Å². The summed E-state index contributed by atoms with van der Waals surface area (Å²) < 4.78 is 0. The summed E-state index contributed by atoms with van der Waals surface area (Å²) >= 11 is 0. The number of aliphatic hydroxyl groups is 1. The first-order chi connectivity index (χ1) is 11.7. The molecule has 0 saturated heterocycles. The van der Waals surface area contributed by atoms with Crippen LogP contribution in [-0.4, -0.2) is 28.5 Å². The highest BCUT2D eigenvalue weighted by Gasteiger charge is 2.38. The molecular weight excluding hydrogens is 302 g/mol. The summed E-state index contributed by atoms with van der Waals surface area (Å²) in [6.45, 7) is 0.652. The molecular formula is C20H25NO3. The second-order valence-electron chi connectivity index (χ2n) is 6.59. The smallest absolute Gasteiger partial charge is 0.160 e. The van der Waals surface area contributed by atoms with Gasteiger partial charge in [-0.2, -0.15) is 0 Å². The maximum absolute atomic E-state index is 10.4. The molecule has 1 unspecified atom stereocenters. The molecule has 0 heterocycles. The average molecular weight is 327 g/mol. The standard InChI is InChI=1S/C20H25NO3/c21-12-18-14(7-4-10-22)16(13-5-2-1-3-6-13)11-17-15(18)8-9-19(23)20(17)24/h1-3,5-6,8-9,14,16,18,22-24H,4,7,10-12,21H2/t14?,16-,18+/m0/s1. The summed E-state index contributed by atoms with van der Waals surface area (Å²) in [4.78, 5) is 0. The first-order valence-corrected chi connectivity index (χ1v) is 8.57. The van der Waals surface area contributed by atoms with Crippen LogP contribution in [0.2, 0.25) is 0 Å². The van der Waals surface area contributed by atoms with Crippen molar-refractivity contribution in [3.05, 3.63) is 59.2 Å². The molecule has 2 aromatic carbocycles. The third kappa shape index (κ3) is 2.99. The molecule has 0 fully saturated rings. The molecule has 1 aliphatic rings. The Morgan fingerprint density at radius 1 is 1.04 bits per heavy atom. The second kappa shape index (κ2) is 7.24. The highest BCUT2D eigenvalue weighted by atomic mass is 16.3. The van der Waals surface area contributed by atoms with E-state index in [2.05, 4.69) is 12.1 Å². The molecule has 24 heavy (non-hydrogen) atoms. The van der Waals surface area contributed by atoms with E-state index in [0.717, 1.165) is 24.0 Å². The summed E-state index contributed by atoms with van der Waals surface area (Å²) in [5.74, 6) is 0.530. The van der Waals surface area contributed by atoms with Crippen LogP contribution in [0, 0.1) is 5.92 Å². The van der Waals surface area contributed by atoms with Crippen LogP contribution in [0.5, 0.6) is 11.5 Å². The largest absolute Gasteiger partial charge is 0.504 e. The summed E-state index contributed by atoms with van der Waals surface area (Å²) in [7, 11) is 0. The Labute approximate surface area is 142 Å². The van der Waals surface area contributed by atoms with Crippen LogP contribution in [0.1, 0.15) is 41.4 Å². The fourth-order valence-corrected chi connectivity index (χ4v) is 4.18. The Morgan fingerprint density at radius 2 is 1.79 bits per heavy atom. The average Bonchev–Trinajstić information content (AvgIpc) is 2.62. The van der Waals surface area contributed by atoms with Gasteiger partial charge in [0.05, 0.1) is 0 Å². The molecule has 0 aliphatic heterocycles. The van der Waals surface area contributed by atoms with Gasteiger partial charge in [-0.1, -0.05) is 36.4 Å². The van der Waals surface area contributed by atoms with Gasteiger partial charge >= 0.3 is 0 Å². The summed E-state index contributed by atoms with van der Waals surface area (Å²) in [6, 6.07) is 13.7. The van der Waals surface area contributed by atoms with Gasteiger partial charge in [0, 0.05) is 12.2 Å². The Hall–Kier alpha value is -2.04. The van der Waals surface area contributed by atoms with Gasteiger partial charge in [-0.25, -0.2) is 0 Å². The Balaban J connectivity index is 2.08. The molecule has 0 spiro atoms. The summed E-state index contributed by atoms with van der Waals surface area (Å²) in [5.41, 5.74) is 9.15. The van der Waals surface area contributed by atoms with Gasteiger partial charge in [-0.3, -0.25) is 0 Å². The van der Waals surface area contributed by atoms with Crippen LogP contribution in [0.3, 0.4) is 0 Å². The van der Waals surface area contributed by atoms with E-state index in [0.29, 0.717) is 18.9 Å². The lowest BCUT2D eigenvalue weighted by atomic mass is 9.65.